The minimum Gasteiger partial charge on any atom is -0.397 e. The molecule has 1 aromatic rings. The average Bonchev–Trinajstić information content (AvgIpc) is 2.58. The van der Waals surface area contributed by atoms with Gasteiger partial charge in [-0.1, -0.05) is 0 Å². The molecule has 2 unspecified atom stereocenters. The van der Waals surface area contributed by atoms with Crippen LogP contribution in [-0.2, 0) is 11.8 Å². The number of hydrogen-bond acceptors (Lipinski definition) is 3. The minimum absolute atomic E-state index is 0.0664. The number of hydrogen-bond donors (Lipinski definition) is 2. The number of amides is 1. The zero-order chi connectivity index (χ0) is 12.4. The van der Waals surface area contributed by atoms with Crippen molar-refractivity contribution < 1.29 is 9.53 Å². The Balaban J connectivity index is 1.99. The number of nitrogens with two attached hydrogens (primary N) is 1. The highest BCUT2D eigenvalue weighted by Gasteiger charge is 2.22. The third-order valence-corrected chi connectivity index (χ3v) is 3.08. The number of aromatic nitrogens is 1. The molecule has 2 rings (SSSR count). The molecule has 1 aliphatic rings. The van der Waals surface area contributed by atoms with E-state index in [4.69, 9.17) is 10.5 Å². The summed E-state index contributed by atoms with van der Waals surface area (Å²) in [7, 11) is 1.82. The van der Waals surface area contributed by atoms with Crippen LogP contribution in [0.3, 0.4) is 0 Å². The first-order valence-electron chi connectivity index (χ1n) is 5.90. The molecule has 17 heavy (non-hydrogen) atoms. The van der Waals surface area contributed by atoms with E-state index in [1.165, 1.54) is 0 Å². The Morgan fingerprint density at radius 2 is 2.41 bits per heavy atom. The van der Waals surface area contributed by atoms with Gasteiger partial charge in [0.1, 0.15) is 5.69 Å². The normalized spacial score (nSPS) is 24.6. The minimum atomic E-state index is -0.0664. The van der Waals surface area contributed by atoms with Gasteiger partial charge in [-0.2, -0.15) is 0 Å². The highest BCUT2D eigenvalue weighted by Crippen LogP contribution is 2.15. The Hall–Kier alpha value is -1.49. The van der Waals surface area contributed by atoms with Crippen molar-refractivity contribution in [3.05, 3.63) is 18.0 Å². The first kappa shape index (κ1) is 12.0. The first-order chi connectivity index (χ1) is 8.06. The molecule has 2 heterocycles. The SMILES string of the molecule is CC1CC(NC(=O)c2cc(N)cn2C)CCO1. The molecule has 1 amide bonds. The second-order valence-electron chi connectivity index (χ2n) is 4.65. The first-order valence-corrected chi connectivity index (χ1v) is 5.90. The molecule has 0 aromatic carbocycles. The highest BCUT2D eigenvalue weighted by atomic mass is 16.5. The van der Waals surface area contributed by atoms with Crippen molar-refractivity contribution in [2.24, 2.45) is 7.05 Å². The molecule has 0 aliphatic carbocycles. The van der Waals surface area contributed by atoms with E-state index in [-0.39, 0.29) is 18.1 Å². The molecule has 1 aromatic heterocycles. The van der Waals surface area contributed by atoms with Gasteiger partial charge in [0.15, 0.2) is 0 Å². The Bertz CT molecular complexity index is 414. The summed E-state index contributed by atoms with van der Waals surface area (Å²) in [5.41, 5.74) is 6.86. The van der Waals surface area contributed by atoms with Gasteiger partial charge in [0.25, 0.3) is 5.91 Å². The maximum absolute atomic E-state index is 12.0. The zero-order valence-electron chi connectivity index (χ0n) is 10.3. The number of anilines is 1. The molecule has 0 saturated carbocycles. The lowest BCUT2D eigenvalue weighted by atomic mass is 10.0. The summed E-state index contributed by atoms with van der Waals surface area (Å²) in [6.45, 7) is 2.74. The van der Waals surface area contributed by atoms with Gasteiger partial charge in [-0.25, -0.2) is 0 Å². The molecule has 1 fully saturated rings. The monoisotopic (exact) mass is 237 g/mol. The molecule has 3 N–H and O–H groups in total. The standard InChI is InChI=1S/C12H19N3O2/c1-8-5-10(3-4-17-8)14-12(16)11-6-9(13)7-15(11)2/h6-8,10H,3-5,13H2,1-2H3,(H,14,16). The second kappa shape index (κ2) is 4.79. The van der Waals surface area contributed by atoms with Crippen molar-refractivity contribution >= 4 is 11.6 Å². The molecule has 0 spiro atoms. The number of nitrogen functional groups attached to an aromatic ring is 1. The molecular formula is C12H19N3O2. The Labute approximate surface area is 101 Å². The summed E-state index contributed by atoms with van der Waals surface area (Å²) in [5.74, 6) is -0.0664. The van der Waals surface area contributed by atoms with Crippen LogP contribution in [0, 0.1) is 0 Å². The van der Waals surface area contributed by atoms with E-state index in [0.29, 0.717) is 18.0 Å². The smallest absolute Gasteiger partial charge is 0.268 e. The van der Waals surface area contributed by atoms with Crippen molar-refractivity contribution in [2.45, 2.75) is 31.9 Å². The Kier molecular flexibility index (Phi) is 3.38. The van der Waals surface area contributed by atoms with E-state index in [0.717, 1.165) is 12.8 Å². The molecule has 2 atom stereocenters. The largest absolute Gasteiger partial charge is 0.397 e. The number of carbonyl (C=O) groups is 1. The molecule has 1 saturated heterocycles. The van der Waals surface area contributed by atoms with E-state index >= 15 is 0 Å². The highest BCUT2D eigenvalue weighted by molar-refractivity contribution is 5.93. The number of aryl methyl sites for hydroxylation is 1. The molecule has 5 nitrogen and oxygen atoms in total. The van der Waals surface area contributed by atoms with Gasteiger partial charge in [-0.3, -0.25) is 4.79 Å². The van der Waals surface area contributed by atoms with Crippen LogP contribution in [0.2, 0.25) is 0 Å². The fourth-order valence-corrected chi connectivity index (χ4v) is 2.20. The van der Waals surface area contributed by atoms with Crippen LogP contribution in [0.4, 0.5) is 5.69 Å². The van der Waals surface area contributed by atoms with Gasteiger partial charge in [-0.05, 0) is 25.8 Å². The van der Waals surface area contributed by atoms with Crippen molar-refractivity contribution in [3.8, 4) is 0 Å². The Morgan fingerprint density at radius 1 is 1.65 bits per heavy atom. The van der Waals surface area contributed by atoms with Crippen LogP contribution in [0.15, 0.2) is 12.3 Å². The summed E-state index contributed by atoms with van der Waals surface area (Å²) in [6.07, 6.45) is 3.69. The third kappa shape index (κ3) is 2.79. The number of nitrogens with zero attached hydrogens (tertiary/aromatic N) is 1. The summed E-state index contributed by atoms with van der Waals surface area (Å²) < 4.78 is 7.19. The molecule has 5 heteroatoms. The van der Waals surface area contributed by atoms with Crippen LogP contribution >= 0.6 is 0 Å². The Morgan fingerprint density at radius 3 is 3.00 bits per heavy atom. The van der Waals surface area contributed by atoms with E-state index in [1.54, 1.807) is 16.8 Å². The van der Waals surface area contributed by atoms with E-state index in [2.05, 4.69) is 5.32 Å². The molecule has 0 bridgehead atoms. The summed E-state index contributed by atoms with van der Waals surface area (Å²) in [4.78, 5) is 12.0. The predicted octanol–water partition coefficient (Wildman–Crippen LogP) is 0.905. The van der Waals surface area contributed by atoms with Gasteiger partial charge < -0.3 is 20.4 Å². The average molecular weight is 237 g/mol. The number of carbonyl (C=O) groups excluding carboxylic acids is 1. The van der Waals surface area contributed by atoms with Crippen molar-refractivity contribution in [1.29, 1.82) is 0 Å². The van der Waals surface area contributed by atoms with Crippen LogP contribution in [0.1, 0.15) is 30.3 Å². The fourth-order valence-electron chi connectivity index (χ4n) is 2.20. The van der Waals surface area contributed by atoms with Crippen molar-refractivity contribution in [2.75, 3.05) is 12.3 Å². The molecule has 0 radical (unpaired) electrons. The maximum atomic E-state index is 12.0. The lowest BCUT2D eigenvalue weighted by Gasteiger charge is -2.27. The second-order valence-corrected chi connectivity index (χ2v) is 4.65. The fraction of sp³-hybridized carbons (Fsp3) is 0.583. The quantitative estimate of drug-likeness (QED) is 0.803. The number of rotatable bonds is 2. The molecule has 1 aliphatic heterocycles. The van der Waals surface area contributed by atoms with Crippen LogP contribution in [-0.4, -0.2) is 29.2 Å². The summed E-state index contributed by atoms with van der Waals surface area (Å²) >= 11 is 0. The maximum Gasteiger partial charge on any atom is 0.268 e. The van der Waals surface area contributed by atoms with E-state index < -0.39 is 0 Å². The van der Waals surface area contributed by atoms with Crippen LogP contribution in [0.5, 0.6) is 0 Å². The van der Waals surface area contributed by atoms with Gasteiger partial charge >= 0.3 is 0 Å². The topological polar surface area (TPSA) is 69.3 Å². The number of nitrogens with one attached hydrogen (secondary N) is 1. The number of ether oxygens (including phenoxy) is 1. The van der Waals surface area contributed by atoms with Gasteiger partial charge in [0.05, 0.1) is 11.8 Å². The lowest BCUT2D eigenvalue weighted by molar-refractivity contribution is 0.0136. The van der Waals surface area contributed by atoms with E-state index in [9.17, 15) is 4.79 Å². The molecule has 94 valence electrons. The molecular weight excluding hydrogens is 218 g/mol. The van der Waals surface area contributed by atoms with Crippen LogP contribution in [0.25, 0.3) is 0 Å². The third-order valence-electron chi connectivity index (χ3n) is 3.08. The predicted molar refractivity (Wildman–Crippen MR) is 65.7 cm³/mol. The van der Waals surface area contributed by atoms with Crippen LogP contribution < -0.4 is 11.1 Å². The van der Waals surface area contributed by atoms with Crippen molar-refractivity contribution in [1.82, 2.24) is 9.88 Å². The van der Waals surface area contributed by atoms with Gasteiger partial charge in [0.2, 0.25) is 0 Å². The van der Waals surface area contributed by atoms with Crippen molar-refractivity contribution in [3.63, 3.8) is 0 Å². The summed E-state index contributed by atoms with van der Waals surface area (Å²) in [5, 5.41) is 3.02. The van der Waals surface area contributed by atoms with Gasteiger partial charge in [-0.15, -0.1) is 0 Å². The zero-order valence-corrected chi connectivity index (χ0v) is 10.3. The lowest BCUT2D eigenvalue weighted by Crippen LogP contribution is -2.41. The van der Waals surface area contributed by atoms with Gasteiger partial charge in [0, 0.05) is 25.9 Å². The van der Waals surface area contributed by atoms with E-state index in [1.807, 2.05) is 14.0 Å². The summed E-state index contributed by atoms with van der Waals surface area (Å²) in [6, 6.07) is 1.89.